The van der Waals surface area contributed by atoms with Crippen molar-refractivity contribution in [3.05, 3.63) is 47.9 Å². The molecule has 2 aromatic rings. The Labute approximate surface area is 346 Å². The molecule has 2 amide bonds. The number of nitrogens with one attached hydrogen (secondary N) is 2. The fourth-order valence-electron chi connectivity index (χ4n) is 5.37. The predicted molar refractivity (Wildman–Crippen MR) is 231 cm³/mol. The molecule has 2 rings (SSSR count). The Balaban J connectivity index is 2.79. The number of carbonyl (C=O) groups is 3. The second kappa shape index (κ2) is 23.0. The lowest BCUT2D eigenvalue weighted by atomic mass is 9.99. The second-order valence-electron chi connectivity index (χ2n) is 15.8. The van der Waals surface area contributed by atoms with Crippen molar-refractivity contribution in [1.29, 1.82) is 0 Å². The summed E-state index contributed by atoms with van der Waals surface area (Å²) in [5.41, 5.74) is 1.43. The SMILES string of the molecule is C=CCOC(=O)Nc1noc(C(CSCc2c(O[SiH](C)C(C)(C)C(C)C)c(O[SiH](C)C(C)(C)C(C)C)c(OC)c(C)c2C(=O)OCC=C)NC(=O)CCCCO)n1. The van der Waals surface area contributed by atoms with Crippen LogP contribution in [0.1, 0.15) is 108 Å². The zero-order valence-electron chi connectivity index (χ0n) is 36.0. The Morgan fingerprint density at radius 1 is 0.930 bits per heavy atom. The Morgan fingerprint density at radius 2 is 1.51 bits per heavy atom. The third-order valence-corrected chi connectivity index (χ3v) is 18.8. The molecule has 14 nitrogen and oxygen atoms in total. The molecule has 320 valence electrons. The monoisotopic (exact) mass is 850 g/mol. The van der Waals surface area contributed by atoms with Crippen LogP contribution in [0.4, 0.5) is 10.7 Å². The Hall–Kier alpha value is -3.81. The average Bonchev–Trinajstić information content (AvgIpc) is 3.61. The first-order chi connectivity index (χ1) is 26.8. The van der Waals surface area contributed by atoms with Gasteiger partial charge in [0.15, 0.2) is 17.2 Å². The van der Waals surface area contributed by atoms with E-state index in [-0.39, 0.29) is 65.6 Å². The van der Waals surface area contributed by atoms with Crippen molar-refractivity contribution in [2.45, 2.75) is 117 Å². The summed E-state index contributed by atoms with van der Waals surface area (Å²) < 4.78 is 36.4. The summed E-state index contributed by atoms with van der Waals surface area (Å²) in [6.07, 6.45) is 3.23. The van der Waals surface area contributed by atoms with E-state index < -0.39 is 36.2 Å². The number of anilines is 1. The lowest BCUT2D eigenvalue weighted by molar-refractivity contribution is -0.122. The van der Waals surface area contributed by atoms with Crippen molar-refractivity contribution < 1.29 is 47.1 Å². The van der Waals surface area contributed by atoms with Crippen LogP contribution in [0.3, 0.4) is 0 Å². The van der Waals surface area contributed by atoms with Crippen molar-refractivity contribution in [2.75, 3.05) is 38.0 Å². The van der Waals surface area contributed by atoms with Gasteiger partial charge in [0.25, 0.3) is 11.8 Å². The van der Waals surface area contributed by atoms with Gasteiger partial charge in [-0.2, -0.15) is 16.7 Å². The molecule has 0 spiro atoms. The minimum Gasteiger partial charge on any atom is -0.543 e. The van der Waals surface area contributed by atoms with Crippen LogP contribution in [0.2, 0.25) is 23.2 Å². The molecule has 3 atom stereocenters. The van der Waals surface area contributed by atoms with Gasteiger partial charge in [0.2, 0.25) is 24.0 Å². The van der Waals surface area contributed by atoms with Crippen molar-refractivity contribution in [2.24, 2.45) is 11.8 Å². The maximum Gasteiger partial charge on any atom is 0.414 e. The number of methoxy groups -OCH3 is 1. The lowest BCUT2D eigenvalue weighted by Gasteiger charge is -2.38. The standard InChI is InChI=1S/C40H66N4O10SSi2/c1-15-21-50-36(47)31-27(7)32(49-12)34(54-57(14)40(10,11)26(5)6)33(53-56(13)39(8,9)25(3)4)28(31)23-55-24-29(41-30(46)19-17-18-20-45)35-42-37(44-52-35)43-38(48)51-22-16-2/h15-16,25-26,29,45,56-57H,1-2,17-24H2,3-14H3,(H,41,46)(H,43,44,48). The molecule has 1 aromatic carbocycles. The van der Waals surface area contributed by atoms with Crippen LogP contribution in [0.5, 0.6) is 17.2 Å². The molecule has 0 radical (unpaired) electrons. The Bertz CT molecular complexity index is 1670. The minimum atomic E-state index is -2.09. The van der Waals surface area contributed by atoms with E-state index in [2.05, 4.69) is 102 Å². The number of aliphatic hydroxyl groups excluding tert-OH is 1. The number of nitrogens with zero attached hydrogens (tertiary/aromatic N) is 2. The van der Waals surface area contributed by atoms with Gasteiger partial charge in [0.05, 0.1) is 12.7 Å². The fourth-order valence-corrected chi connectivity index (χ4v) is 10.1. The normalized spacial score (nSPS) is 13.4. The van der Waals surface area contributed by atoms with E-state index in [0.717, 1.165) is 0 Å². The smallest absolute Gasteiger partial charge is 0.414 e. The number of hydrogen-bond acceptors (Lipinski definition) is 13. The van der Waals surface area contributed by atoms with Crippen LogP contribution in [0.25, 0.3) is 0 Å². The number of unbranched alkanes of at least 4 members (excludes halogenated alkanes) is 1. The number of aromatic nitrogens is 2. The van der Waals surface area contributed by atoms with Crippen LogP contribution in [-0.4, -0.2) is 84.0 Å². The quantitative estimate of drug-likeness (QED) is 0.0378. The van der Waals surface area contributed by atoms with E-state index in [1.807, 2.05) is 6.92 Å². The van der Waals surface area contributed by atoms with Crippen LogP contribution >= 0.6 is 11.8 Å². The molecule has 0 saturated heterocycles. The largest absolute Gasteiger partial charge is 0.543 e. The summed E-state index contributed by atoms with van der Waals surface area (Å²) in [5, 5.41) is 18.2. The zero-order valence-corrected chi connectivity index (χ0v) is 39.2. The van der Waals surface area contributed by atoms with Gasteiger partial charge in [-0.05, 0) is 59.9 Å². The third kappa shape index (κ3) is 13.6. The first-order valence-electron chi connectivity index (χ1n) is 19.5. The van der Waals surface area contributed by atoms with E-state index >= 15 is 0 Å². The highest BCUT2D eigenvalue weighted by Gasteiger charge is 2.39. The van der Waals surface area contributed by atoms with Crippen LogP contribution in [0.15, 0.2) is 29.8 Å². The summed E-state index contributed by atoms with van der Waals surface area (Å²) in [5.74, 6) is 1.47. The highest BCUT2D eigenvalue weighted by Crippen LogP contribution is 2.51. The van der Waals surface area contributed by atoms with E-state index in [1.54, 1.807) is 7.11 Å². The summed E-state index contributed by atoms with van der Waals surface area (Å²) in [6.45, 7) is 30.9. The average molecular weight is 851 g/mol. The zero-order chi connectivity index (χ0) is 43.1. The van der Waals surface area contributed by atoms with Gasteiger partial charge >= 0.3 is 12.1 Å². The topological polar surface area (TPSA) is 181 Å². The number of thioether (sulfide) groups is 1. The maximum absolute atomic E-state index is 14.0. The summed E-state index contributed by atoms with van der Waals surface area (Å²) in [6, 6.07) is -0.799. The highest BCUT2D eigenvalue weighted by atomic mass is 32.2. The van der Waals surface area contributed by atoms with Crippen LogP contribution in [-0.2, 0) is 20.0 Å². The molecule has 3 N–H and O–H groups in total. The van der Waals surface area contributed by atoms with Gasteiger partial charge in [-0.15, -0.1) is 0 Å². The maximum atomic E-state index is 14.0. The number of esters is 1. The molecular formula is C40H66N4O10SSi2. The number of hydrogen-bond donors (Lipinski definition) is 3. The summed E-state index contributed by atoms with van der Waals surface area (Å²) in [4.78, 5) is 43.6. The van der Waals surface area contributed by atoms with Gasteiger partial charge < -0.3 is 38.0 Å². The fraction of sp³-hybridized carbons (Fsp3) is 0.625. The van der Waals surface area contributed by atoms with Crippen molar-refractivity contribution in [1.82, 2.24) is 15.5 Å². The number of benzene rings is 1. The van der Waals surface area contributed by atoms with Crippen LogP contribution in [0, 0.1) is 18.8 Å². The van der Waals surface area contributed by atoms with E-state index in [1.165, 1.54) is 23.9 Å². The molecule has 1 heterocycles. The molecule has 57 heavy (non-hydrogen) atoms. The summed E-state index contributed by atoms with van der Waals surface area (Å²) >= 11 is 1.40. The first kappa shape index (κ1) is 49.3. The van der Waals surface area contributed by atoms with E-state index in [4.69, 9.17) is 27.6 Å². The second-order valence-corrected chi connectivity index (χ2v) is 22.9. The molecule has 0 fully saturated rings. The van der Waals surface area contributed by atoms with Gasteiger partial charge in [-0.3, -0.25) is 10.1 Å². The van der Waals surface area contributed by atoms with Crippen LogP contribution < -0.4 is 24.2 Å². The molecule has 0 saturated carbocycles. The molecule has 3 unspecified atom stereocenters. The van der Waals surface area contributed by atoms with Crippen molar-refractivity contribution in [3.8, 4) is 17.2 Å². The first-order valence-corrected chi connectivity index (χ1v) is 25.0. The van der Waals surface area contributed by atoms with Crippen molar-refractivity contribution >= 4 is 53.8 Å². The molecule has 0 aliphatic carbocycles. The van der Waals surface area contributed by atoms with Gasteiger partial charge in [-0.1, -0.05) is 80.7 Å². The molecule has 0 bridgehead atoms. The Morgan fingerprint density at radius 3 is 2.05 bits per heavy atom. The highest BCUT2D eigenvalue weighted by molar-refractivity contribution is 7.98. The summed E-state index contributed by atoms with van der Waals surface area (Å²) in [7, 11) is -2.55. The number of rotatable bonds is 25. The molecule has 0 aliphatic heterocycles. The predicted octanol–water partition coefficient (Wildman–Crippen LogP) is 8.05. The van der Waals surface area contributed by atoms with E-state index in [9.17, 15) is 19.5 Å². The number of carbonyl (C=O) groups excluding carboxylic acids is 3. The third-order valence-electron chi connectivity index (χ3n) is 11.1. The number of amides is 2. The molecule has 17 heteroatoms. The minimum absolute atomic E-state index is 0.00127. The van der Waals surface area contributed by atoms with Gasteiger partial charge in [-0.25, -0.2) is 9.59 Å². The molecular weight excluding hydrogens is 785 g/mol. The molecule has 1 aromatic heterocycles. The van der Waals surface area contributed by atoms with Gasteiger partial charge in [0.1, 0.15) is 19.3 Å². The van der Waals surface area contributed by atoms with Gasteiger partial charge in [0, 0.05) is 35.7 Å². The number of aliphatic hydroxyl groups is 1. The lowest BCUT2D eigenvalue weighted by Crippen LogP contribution is -2.37. The Kier molecular flexibility index (Phi) is 19.9. The molecule has 0 aliphatic rings. The number of ether oxygens (including phenoxy) is 3. The van der Waals surface area contributed by atoms with E-state index in [0.29, 0.717) is 58.6 Å². The van der Waals surface area contributed by atoms with Crippen molar-refractivity contribution in [3.63, 3.8) is 0 Å².